The van der Waals surface area contributed by atoms with E-state index in [1.807, 2.05) is 13.8 Å². The summed E-state index contributed by atoms with van der Waals surface area (Å²) in [6, 6.07) is 6.15. The molecule has 0 bridgehead atoms. The van der Waals surface area contributed by atoms with Crippen LogP contribution in [-0.2, 0) is 10.0 Å². The van der Waals surface area contributed by atoms with E-state index in [2.05, 4.69) is 10.0 Å². The lowest BCUT2D eigenvalue weighted by molar-refractivity contribution is 0.217. The highest BCUT2D eigenvalue weighted by atomic mass is 32.2. The van der Waals surface area contributed by atoms with Gasteiger partial charge in [-0.05, 0) is 51.0 Å². The molecular formula is C17H27N3O3S. The zero-order valence-electron chi connectivity index (χ0n) is 14.4. The molecule has 1 aromatic rings. The number of sulfonamides is 1. The highest BCUT2D eigenvalue weighted by Crippen LogP contribution is 2.21. The molecule has 2 N–H and O–H groups in total. The first-order valence-corrected chi connectivity index (χ1v) is 10.1. The Kier molecular flexibility index (Phi) is 6.62. The molecular weight excluding hydrogens is 326 g/mol. The second-order valence-corrected chi connectivity index (χ2v) is 7.80. The third-order valence-electron chi connectivity index (χ3n) is 4.39. The van der Waals surface area contributed by atoms with Gasteiger partial charge in [0, 0.05) is 24.8 Å². The van der Waals surface area contributed by atoms with E-state index >= 15 is 0 Å². The fourth-order valence-corrected chi connectivity index (χ4v) is 4.24. The van der Waals surface area contributed by atoms with Gasteiger partial charge in [0.1, 0.15) is 0 Å². The van der Waals surface area contributed by atoms with Crippen molar-refractivity contribution in [2.75, 3.05) is 18.4 Å². The summed E-state index contributed by atoms with van der Waals surface area (Å²) >= 11 is 0. The van der Waals surface area contributed by atoms with Gasteiger partial charge in [0.25, 0.3) is 0 Å². The number of amides is 2. The number of urea groups is 1. The van der Waals surface area contributed by atoms with Crippen LogP contribution in [0.3, 0.4) is 0 Å². The molecule has 0 radical (unpaired) electrons. The van der Waals surface area contributed by atoms with Crippen LogP contribution in [0, 0.1) is 0 Å². The molecule has 2 amide bonds. The van der Waals surface area contributed by atoms with Gasteiger partial charge in [-0.2, -0.15) is 0 Å². The predicted octanol–water partition coefficient (Wildman–Crippen LogP) is 3.17. The molecule has 24 heavy (non-hydrogen) atoms. The van der Waals surface area contributed by atoms with Crippen LogP contribution in [0.25, 0.3) is 0 Å². The van der Waals surface area contributed by atoms with Crippen LogP contribution in [0.2, 0.25) is 0 Å². The maximum Gasteiger partial charge on any atom is 0.321 e. The van der Waals surface area contributed by atoms with Gasteiger partial charge in [0.05, 0.1) is 4.90 Å². The zero-order chi connectivity index (χ0) is 17.6. The number of carbonyl (C=O) groups excluding carboxylic acids is 1. The number of anilines is 1. The van der Waals surface area contributed by atoms with Crippen molar-refractivity contribution in [3.8, 4) is 0 Å². The van der Waals surface area contributed by atoms with Crippen LogP contribution in [0.15, 0.2) is 29.2 Å². The molecule has 0 saturated heterocycles. The fourth-order valence-electron chi connectivity index (χ4n) is 2.94. The maximum atomic E-state index is 12.4. The minimum atomic E-state index is -3.50. The number of rotatable bonds is 6. The summed E-state index contributed by atoms with van der Waals surface area (Å²) in [5, 5.41) is 2.78. The van der Waals surface area contributed by atoms with Gasteiger partial charge in [0.2, 0.25) is 10.0 Å². The predicted molar refractivity (Wildman–Crippen MR) is 95.6 cm³/mol. The summed E-state index contributed by atoms with van der Waals surface area (Å²) in [6.45, 7) is 5.07. The van der Waals surface area contributed by atoms with E-state index in [1.54, 1.807) is 17.0 Å². The minimum Gasteiger partial charge on any atom is -0.325 e. The number of carbonyl (C=O) groups is 1. The Balaban J connectivity index is 2.01. The number of hydrogen-bond acceptors (Lipinski definition) is 3. The van der Waals surface area contributed by atoms with E-state index in [9.17, 15) is 13.2 Å². The maximum absolute atomic E-state index is 12.4. The van der Waals surface area contributed by atoms with Crippen LogP contribution in [-0.4, -0.2) is 38.5 Å². The van der Waals surface area contributed by atoms with Crippen LogP contribution in [0.4, 0.5) is 10.5 Å². The van der Waals surface area contributed by atoms with Gasteiger partial charge in [0.15, 0.2) is 0 Å². The largest absolute Gasteiger partial charge is 0.325 e. The summed E-state index contributed by atoms with van der Waals surface area (Å²) in [7, 11) is -3.50. The third kappa shape index (κ3) is 4.95. The Hall–Kier alpha value is -1.60. The lowest BCUT2D eigenvalue weighted by Gasteiger charge is -2.22. The summed E-state index contributed by atoms with van der Waals surface area (Å²) < 4.78 is 27.6. The first-order chi connectivity index (χ1) is 11.5. The van der Waals surface area contributed by atoms with Crippen molar-refractivity contribution in [3.63, 3.8) is 0 Å². The molecule has 1 aliphatic rings. The van der Waals surface area contributed by atoms with Gasteiger partial charge in [-0.3, -0.25) is 0 Å². The summed E-state index contributed by atoms with van der Waals surface area (Å²) in [4.78, 5) is 13.9. The molecule has 0 heterocycles. The Morgan fingerprint density at radius 3 is 2.21 bits per heavy atom. The Labute approximate surface area is 144 Å². The first-order valence-electron chi connectivity index (χ1n) is 8.64. The summed E-state index contributed by atoms with van der Waals surface area (Å²) in [5.74, 6) is 0. The van der Waals surface area contributed by atoms with Crippen molar-refractivity contribution >= 4 is 21.7 Å². The van der Waals surface area contributed by atoms with Crippen molar-refractivity contribution in [3.05, 3.63) is 24.3 Å². The first kappa shape index (κ1) is 18.7. The van der Waals surface area contributed by atoms with Crippen molar-refractivity contribution in [1.29, 1.82) is 0 Å². The Bertz CT molecular complexity index is 634. The van der Waals surface area contributed by atoms with E-state index in [0.717, 1.165) is 25.7 Å². The summed E-state index contributed by atoms with van der Waals surface area (Å²) in [6.07, 6.45) is 5.13. The van der Waals surface area contributed by atoms with Crippen LogP contribution in [0.5, 0.6) is 0 Å². The van der Waals surface area contributed by atoms with Gasteiger partial charge in [-0.25, -0.2) is 17.9 Å². The van der Waals surface area contributed by atoms with Crippen LogP contribution < -0.4 is 10.0 Å². The topological polar surface area (TPSA) is 78.5 Å². The third-order valence-corrected chi connectivity index (χ3v) is 5.93. The number of benzene rings is 1. The van der Waals surface area contributed by atoms with E-state index in [0.29, 0.717) is 18.8 Å². The molecule has 1 saturated carbocycles. The van der Waals surface area contributed by atoms with E-state index in [-0.39, 0.29) is 17.0 Å². The van der Waals surface area contributed by atoms with Crippen molar-refractivity contribution in [1.82, 2.24) is 9.62 Å². The quantitative estimate of drug-likeness (QED) is 0.824. The van der Waals surface area contributed by atoms with Crippen LogP contribution in [0.1, 0.15) is 46.0 Å². The lowest BCUT2D eigenvalue weighted by Crippen LogP contribution is -2.36. The number of nitrogens with zero attached hydrogens (tertiary/aromatic N) is 1. The molecule has 1 aromatic carbocycles. The molecule has 1 aliphatic carbocycles. The standard InChI is InChI=1S/C17H27N3O3S/c1-3-20(4-2)17(21)18-14-10-12-16(13-11-14)24(22,23)19-15-8-6-5-7-9-15/h10-13,15,19H,3-9H2,1-2H3,(H,18,21). The average molecular weight is 353 g/mol. The van der Waals surface area contributed by atoms with Gasteiger partial charge in [-0.1, -0.05) is 19.3 Å². The summed E-state index contributed by atoms with van der Waals surface area (Å²) in [5.41, 5.74) is 0.587. The van der Waals surface area contributed by atoms with Crippen molar-refractivity contribution in [2.45, 2.75) is 56.9 Å². The Morgan fingerprint density at radius 1 is 1.08 bits per heavy atom. The van der Waals surface area contributed by atoms with Gasteiger partial charge >= 0.3 is 6.03 Å². The monoisotopic (exact) mass is 353 g/mol. The molecule has 0 aromatic heterocycles. The molecule has 7 heteroatoms. The van der Waals surface area contributed by atoms with Gasteiger partial charge in [-0.15, -0.1) is 0 Å². The van der Waals surface area contributed by atoms with E-state index in [4.69, 9.17) is 0 Å². The second kappa shape index (κ2) is 8.48. The number of hydrogen-bond donors (Lipinski definition) is 2. The van der Waals surface area contributed by atoms with Crippen molar-refractivity contribution < 1.29 is 13.2 Å². The van der Waals surface area contributed by atoms with Crippen LogP contribution >= 0.6 is 0 Å². The Morgan fingerprint density at radius 2 is 1.67 bits per heavy atom. The van der Waals surface area contributed by atoms with Crippen molar-refractivity contribution in [2.24, 2.45) is 0 Å². The van der Waals surface area contributed by atoms with E-state index < -0.39 is 10.0 Å². The lowest BCUT2D eigenvalue weighted by atomic mass is 9.96. The average Bonchev–Trinajstić information content (AvgIpc) is 2.57. The molecule has 1 fully saturated rings. The van der Waals surface area contributed by atoms with E-state index in [1.165, 1.54) is 18.6 Å². The minimum absolute atomic E-state index is 0.0331. The SMILES string of the molecule is CCN(CC)C(=O)Nc1ccc(S(=O)(=O)NC2CCCCC2)cc1. The molecule has 6 nitrogen and oxygen atoms in total. The fraction of sp³-hybridized carbons (Fsp3) is 0.588. The smallest absolute Gasteiger partial charge is 0.321 e. The van der Waals surface area contributed by atoms with Gasteiger partial charge < -0.3 is 10.2 Å². The number of nitrogens with one attached hydrogen (secondary N) is 2. The highest BCUT2D eigenvalue weighted by Gasteiger charge is 2.21. The molecule has 0 atom stereocenters. The second-order valence-electron chi connectivity index (χ2n) is 6.08. The molecule has 0 unspecified atom stereocenters. The highest BCUT2D eigenvalue weighted by molar-refractivity contribution is 7.89. The molecule has 134 valence electrons. The molecule has 0 aliphatic heterocycles. The molecule has 2 rings (SSSR count). The molecule has 0 spiro atoms. The zero-order valence-corrected chi connectivity index (χ0v) is 15.2. The normalized spacial score (nSPS) is 15.9.